The molecule has 0 N–H and O–H groups in total. The molecular weight excluding hydrogens is 436 g/mol. The minimum Gasteiger partial charge on any atom is -0.352 e. The summed E-state index contributed by atoms with van der Waals surface area (Å²) in [4.78, 5) is 44.5. The topological polar surface area (TPSA) is 57.7 Å². The van der Waals surface area contributed by atoms with E-state index in [1.807, 2.05) is 47.4 Å². The number of hydrogen-bond acceptors (Lipinski definition) is 4. The third-order valence-electron chi connectivity index (χ3n) is 6.83. The van der Waals surface area contributed by atoms with Gasteiger partial charge in [-0.3, -0.25) is 14.4 Å². The Morgan fingerprint density at radius 2 is 1.45 bits per heavy atom. The highest BCUT2D eigenvalue weighted by molar-refractivity contribution is 6.30. The van der Waals surface area contributed by atoms with Gasteiger partial charge in [0.1, 0.15) is 6.04 Å². The molecule has 162 valence electrons. The van der Waals surface area contributed by atoms with Crippen LogP contribution in [-0.4, -0.2) is 29.7 Å². The first kappa shape index (κ1) is 19.9. The van der Waals surface area contributed by atoms with Crippen molar-refractivity contribution in [3.05, 3.63) is 101 Å². The first-order valence-corrected chi connectivity index (χ1v) is 11.2. The fraction of sp³-hybridized carbons (Fsp3) is 0.148. The largest absolute Gasteiger partial charge is 0.352 e. The summed E-state index contributed by atoms with van der Waals surface area (Å²) in [6, 6.07) is 22.2. The molecule has 3 aromatic carbocycles. The van der Waals surface area contributed by atoms with Crippen LogP contribution in [0.5, 0.6) is 0 Å². The van der Waals surface area contributed by atoms with E-state index < -0.39 is 17.9 Å². The van der Waals surface area contributed by atoms with Gasteiger partial charge >= 0.3 is 0 Å². The highest BCUT2D eigenvalue weighted by atomic mass is 35.5. The van der Waals surface area contributed by atoms with Gasteiger partial charge < -0.3 is 4.90 Å². The number of rotatable bonds is 3. The molecule has 6 rings (SSSR count). The Labute approximate surface area is 195 Å². The summed E-state index contributed by atoms with van der Waals surface area (Å²) in [7, 11) is 0. The van der Waals surface area contributed by atoms with Crippen molar-refractivity contribution in [3.8, 4) is 0 Å². The predicted octanol–water partition coefficient (Wildman–Crippen LogP) is 4.61. The Kier molecular flexibility index (Phi) is 4.49. The van der Waals surface area contributed by atoms with E-state index in [0.717, 1.165) is 11.3 Å². The molecule has 2 fully saturated rings. The van der Waals surface area contributed by atoms with E-state index in [1.165, 1.54) is 4.90 Å². The molecule has 0 bridgehead atoms. The summed E-state index contributed by atoms with van der Waals surface area (Å²) in [5.41, 5.74) is 2.82. The monoisotopic (exact) mass is 454 g/mol. The van der Waals surface area contributed by atoms with E-state index in [-0.39, 0.29) is 23.6 Å². The lowest BCUT2D eigenvalue weighted by atomic mass is 9.86. The van der Waals surface area contributed by atoms with E-state index in [2.05, 4.69) is 0 Å². The van der Waals surface area contributed by atoms with Gasteiger partial charge in [0.15, 0.2) is 5.78 Å². The normalized spacial score (nSPS) is 25.1. The molecule has 5 nitrogen and oxygen atoms in total. The van der Waals surface area contributed by atoms with Crippen LogP contribution in [-0.2, 0) is 9.59 Å². The van der Waals surface area contributed by atoms with E-state index in [1.54, 1.807) is 48.5 Å². The number of imide groups is 1. The number of ketones is 1. The SMILES string of the molecule is O=C(c1ccc(Cl)cc1)[C@@H]1[C@@H]2C(=O)N(c3ccccc3)C(=O)[C@@H]2[C@@H]2C=Cc3ccccc3N12. The van der Waals surface area contributed by atoms with Crippen LogP contribution in [0.25, 0.3) is 6.08 Å². The van der Waals surface area contributed by atoms with Crippen LogP contribution >= 0.6 is 11.6 Å². The van der Waals surface area contributed by atoms with E-state index >= 15 is 0 Å². The molecule has 3 aliphatic heterocycles. The second-order valence-corrected chi connectivity index (χ2v) is 8.97. The van der Waals surface area contributed by atoms with E-state index in [4.69, 9.17) is 11.6 Å². The molecule has 2 amide bonds. The van der Waals surface area contributed by atoms with Crippen molar-refractivity contribution in [2.75, 3.05) is 9.80 Å². The first-order valence-electron chi connectivity index (χ1n) is 10.8. The van der Waals surface area contributed by atoms with Gasteiger partial charge in [-0.15, -0.1) is 0 Å². The lowest BCUT2D eigenvalue weighted by Crippen LogP contribution is -2.48. The molecule has 0 aliphatic carbocycles. The third kappa shape index (κ3) is 2.89. The molecule has 0 aromatic heterocycles. The highest BCUT2D eigenvalue weighted by Crippen LogP contribution is 2.49. The van der Waals surface area contributed by atoms with Gasteiger partial charge in [0.05, 0.1) is 23.6 Å². The van der Waals surface area contributed by atoms with Gasteiger partial charge in [0.25, 0.3) is 0 Å². The minimum atomic E-state index is -0.794. The van der Waals surface area contributed by atoms with Gasteiger partial charge in [-0.25, -0.2) is 4.90 Å². The van der Waals surface area contributed by atoms with Crippen LogP contribution < -0.4 is 9.80 Å². The average molecular weight is 455 g/mol. The van der Waals surface area contributed by atoms with Crippen molar-refractivity contribution in [2.24, 2.45) is 11.8 Å². The van der Waals surface area contributed by atoms with Crippen LogP contribution in [0.3, 0.4) is 0 Å². The molecule has 2 saturated heterocycles. The lowest BCUT2D eigenvalue weighted by Gasteiger charge is -2.36. The van der Waals surface area contributed by atoms with Crippen molar-refractivity contribution >= 4 is 46.6 Å². The van der Waals surface area contributed by atoms with Crippen LogP contribution in [0.4, 0.5) is 11.4 Å². The summed E-state index contributed by atoms with van der Waals surface area (Å²) in [6.07, 6.45) is 3.93. The predicted molar refractivity (Wildman–Crippen MR) is 127 cm³/mol. The fourth-order valence-electron chi connectivity index (χ4n) is 5.43. The Balaban J connectivity index is 1.50. The zero-order chi connectivity index (χ0) is 22.7. The number of benzene rings is 3. The van der Waals surface area contributed by atoms with Gasteiger partial charge in [-0.1, -0.05) is 60.2 Å². The number of halogens is 1. The standard InChI is InChI=1S/C27H19ClN2O3/c28-18-13-10-17(11-14-18)25(31)24-23-22(21-15-12-16-6-4-5-9-20(16)30(21)24)26(32)29(27(23)33)19-7-2-1-3-8-19/h1-15,21-24H/t21-,22+,23+,24-/m0/s1. The minimum absolute atomic E-state index is 0.190. The molecule has 0 radical (unpaired) electrons. The summed E-state index contributed by atoms with van der Waals surface area (Å²) < 4.78 is 0. The van der Waals surface area contributed by atoms with E-state index in [0.29, 0.717) is 16.3 Å². The third-order valence-corrected chi connectivity index (χ3v) is 7.08. The van der Waals surface area contributed by atoms with Gasteiger partial charge in [0, 0.05) is 16.3 Å². The van der Waals surface area contributed by atoms with E-state index in [9.17, 15) is 14.4 Å². The summed E-state index contributed by atoms with van der Waals surface area (Å²) in [5.74, 6) is -2.19. The number of Topliss-reactive ketones (excluding diaryl/α,β-unsaturated/α-hetero) is 1. The number of anilines is 2. The summed E-state index contributed by atoms with van der Waals surface area (Å²) in [6.45, 7) is 0. The molecule has 0 unspecified atom stereocenters. The number of hydrogen-bond donors (Lipinski definition) is 0. The van der Waals surface area contributed by atoms with Gasteiger partial charge in [0.2, 0.25) is 11.8 Å². The molecule has 3 aromatic rings. The van der Waals surface area contributed by atoms with Crippen molar-refractivity contribution in [2.45, 2.75) is 12.1 Å². The molecule has 0 saturated carbocycles. The number of amides is 2. The Bertz CT molecular complexity index is 1320. The van der Waals surface area contributed by atoms with Crippen molar-refractivity contribution < 1.29 is 14.4 Å². The zero-order valence-electron chi connectivity index (χ0n) is 17.5. The number of fused-ring (bicyclic) bond motifs is 5. The maximum atomic E-state index is 13.9. The number of carbonyl (C=O) groups excluding carboxylic acids is 3. The molecule has 3 heterocycles. The maximum Gasteiger partial charge on any atom is 0.240 e. The lowest BCUT2D eigenvalue weighted by molar-refractivity contribution is -0.122. The molecular formula is C27H19ClN2O3. The van der Waals surface area contributed by atoms with Crippen molar-refractivity contribution in [1.29, 1.82) is 0 Å². The van der Waals surface area contributed by atoms with Crippen LogP contribution in [0, 0.1) is 11.8 Å². The number of carbonyl (C=O) groups is 3. The first-order chi connectivity index (χ1) is 16.1. The second-order valence-electron chi connectivity index (χ2n) is 8.53. The van der Waals surface area contributed by atoms with Crippen LogP contribution in [0.2, 0.25) is 5.02 Å². The molecule has 33 heavy (non-hydrogen) atoms. The van der Waals surface area contributed by atoms with Gasteiger partial charge in [-0.05, 0) is 48.0 Å². The summed E-state index contributed by atoms with van der Waals surface area (Å²) in [5, 5.41) is 0.530. The zero-order valence-corrected chi connectivity index (χ0v) is 18.2. The highest BCUT2D eigenvalue weighted by Gasteiger charge is 2.64. The second kappa shape index (κ2) is 7.42. The fourth-order valence-corrected chi connectivity index (χ4v) is 5.56. The summed E-state index contributed by atoms with van der Waals surface area (Å²) >= 11 is 6.04. The Morgan fingerprint density at radius 3 is 2.21 bits per heavy atom. The smallest absolute Gasteiger partial charge is 0.240 e. The Morgan fingerprint density at radius 1 is 0.788 bits per heavy atom. The van der Waals surface area contributed by atoms with Crippen molar-refractivity contribution in [1.82, 2.24) is 0 Å². The molecule has 4 atom stereocenters. The quantitative estimate of drug-likeness (QED) is 0.428. The van der Waals surface area contributed by atoms with Crippen LogP contribution in [0.1, 0.15) is 15.9 Å². The maximum absolute atomic E-state index is 13.9. The number of para-hydroxylation sites is 2. The van der Waals surface area contributed by atoms with Crippen molar-refractivity contribution in [3.63, 3.8) is 0 Å². The number of nitrogens with zero attached hydrogens (tertiary/aromatic N) is 2. The Hall–Kier alpha value is -3.70. The van der Waals surface area contributed by atoms with Gasteiger partial charge in [-0.2, -0.15) is 0 Å². The average Bonchev–Trinajstić information content (AvgIpc) is 3.32. The van der Waals surface area contributed by atoms with Crippen LogP contribution in [0.15, 0.2) is 84.9 Å². The molecule has 3 aliphatic rings. The molecule has 6 heteroatoms. The molecule has 0 spiro atoms.